The molecule has 0 spiro atoms. The van der Waals surface area contributed by atoms with Crippen LogP contribution in [-0.2, 0) is 5.88 Å². The lowest BCUT2D eigenvalue weighted by Crippen LogP contribution is -2.05. The molecule has 6 heteroatoms. The fourth-order valence-corrected chi connectivity index (χ4v) is 1.55. The number of hydrogen-bond acceptors (Lipinski definition) is 4. The van der Waals surface area contributed by atoms with Crippen molar-refractivity contribution in [3.05, 3.63) is 30.1 Å². The monoisotopic (exact) mass is 238 g/mol. The number of ether oxygens (including phenoxy) is 1. The van der Waals surface area contributed by atoms with Crippen molar-refractivity contribution in [3.63, 3.8) is 0 Å². The minimum absolute atomic E-state index is 0.257. The molecule has 5 nitrogen and oxygen atoms in total. The first-order valence-electron chi connectivity index (χ1n) is 4.92. The van der Waals surface area contributed by atoms with Gasteiger partial charge in [0.25, 0.3) is 0 Å². The zero-order valence-electron chi connectivity index (χ0n) is 8.80. The molecular formula is C10H11ClN4O. The van der Waals surface area contributed by atoms with Gasteiger partial charge in [0.1, 0.15) is 11.4 Å². The second-order valence-corrected chi connectivity index (χ2v) is 3.31. The van der Waals surface area contributed by atoms with Gasteiger partial charge in [-0.1, -0.05) is 12.1 Å². The van der Waals surface area contributed by atoms with Gasteiger partial charge in [-0.25, -0.2) is 0 Å². The van der Waals surface area contributed by atoms with E-state index in [9.17, 15) is 0 Å². The minimum atomic E-state index is 0.257. The quantitative estimate of drug-likeness (QED) is 0.763. The molecule has 0 saturated heterocycles. The van der Waals surface area contributed by atoms with Crippen LogP contribution in [0.4, 0.5) is 0 Å². The zero-order chi connectivity index (χ0) is 11.4. The van der Waals surface area contributed by atoms with Gasteiger partial charge < -0.3 is 4.74 Å². The minimum Gasteiger partial charge on any atom is -0.492 e. The highest BCUT2D eigenvalue weighted by Crippen LogP contribution is 2.22. The van der Waals surface area contributed by atoms with E-state index in [4.69, 9.17) is 16.3 Å². The molecule has 0 aliphatic carbocycles. The molecule has 0 atom stereocenters. The van der Waals surface area contributed by atoms with Gasteiger partial charge in [0.15, 0.2) is 5.82 Å². The molecule has 2 rings (SSSR count). The van der Waals surface area contributed by atoms with E-state index in [2.05, 4.69) is 15.5 Å². The smallest absolute Gasteiger partial charge is 0.171 e. The number of rotatable bonds is 4. The Balaban J connectivity index is 2.46. The number of benzene rings is 1. The summed E-state index contributed by atoms with van der Waals surface area (Å²) in [5.41, 5.74) is 0.796. The van der Waals surface area contributed by atoms with Crippen LogP contribution in [0, 0.1) is 0 Å². The first-order valence-corrected chi connectivity index (χ1v) is 5.45. The summed E-state index contributed by atoms with van der Waals surface area (Å²) in [5.74, 6) is 1.59. The van der Waals surface area contributed by atoms with Crippen molar-refractivity contribution >= 4 is 11.6 Å². The highest BCUT2D eigenvalue weighted by atomic mass is 35.5. The van der Waals surface area contributed by atoms with Crippen molar-refractivity contribution in [2.45, 2.75) is 12.8 Å². The van der Waals surface area contributed by atoms with Crippen LogP contribution in [-0.4, -0.2) is 26.8 Å². The fourth-order valence-electron chi connectivity index (χ4n) is 1.39. The van der Waals surface area contributed by atoms with Gasteiger partial charge in [-0.2, -0.15) is 4.68 Å². The number of hydrogen-bond donors (Lipinski definition) is 0. The van der Waals surface area contributed by atoms with Gasteiger partial charge in [0.2, 0.25) is 0 Å². The molecule has 0 fully saturated rings. The van der Waals surface area contributed by atoms with Gasteiger partial charge in [0, 0.05) is 0 Å². The van der Waals surface area contributed by atoms with Crippen LogP contribution in [0.15, 0.2) is 24.3 Å². The number of nitrogens with zero attached hydrogens (tertiary/aromatic N) is 4. The van der Waals surface area contributed by atoms with E-state index in [1.165, 1.54) is 0 Å². The Morgan fingerprint density at radius 1 is 1.38 bits per heavy atom. The SMILES string of the molecule is CCOc1ccccc1-n1nnnc1CCl. The molecule has 84 valence electrons. The molecule has 1 heterocycles. The average molecular weight is 239 g/mol. The van der Waals surface area contributed by atoms with Crippen LogP contribution < -0.4 is 4.74 Å². The fraction of sp³-hybridized carbons (Fsp3) is 0.300. The van der Waals surface area contributed by atoms with Gasteiger partial charge in [-0.3, -0.25) is 0 Å². The van der Waals surface area contributed by atoms with Gasteiger partial charge in [0.05, 0.1) is 12.5 Å². The largest absolute Gasteiger partial charge is 0.492 e. The zero-order valence-corrected chi connectivity index (χ0v) is 9.55. The Hall–Kier alpha value is -1.62. The summed E-state index contributed by atoms with van der Waals surface area (Å²) in [5, 5.41) is 11.3. The van der Waals surface area contributed by atoms with Crippen LogP contribution in [0.3, 0.4) is 0 Å². The Kier molecular flexibility index (Phi) is 3.36. The summed E-state index contributed by atoms with van der Waals surface area (Å²) >= 11 is 5.75. The van der Waals surface area contributed by atoms with Gasteiger partial charge >= 0.3 is 0 Å². The van der Waals surface area contributed by atoms with E-state index in [0.717, 1.165) is 11.4 Å². The Morgan fingerprint density at radius 2 is 2.19 bits per heavy atom. The third-order valence-electron chi connectivity index (χ3n) is 2.05. The molecule has 0 saturated carbocycles. The van der Waals surface area contributed by atoms with Crippen molar-refractivity contribution in [2.24, 2.45) is 0 Å². The Morgan fingerprint density at radius 3 is 2.94 bits per heavy atom. The van der Waals surface area contributed by atoms with E-state index in [1.807, 2.05) is 31.2 Å². The van der Waals surface area contributed by atoms with E-state index in [1.54, 1.807) is 4.68 Å². The van der Waals surface area contributed by atoms with Crippen LogP contribution >= 0.6 is 11.6 Å². The lowest BCUT2D eigenvalue weighted by molar-refractivity contribution is 0.338. The van der Waals surface area contributed by atoms with Gasteiger partial charge in [-0.05, 0) is 29.5 Å². The summed E-state index contributed by atoms with van der Waals surface area (Å²) in [6.07, 6.45) is 0. The molecule has 16 heavy (non-hydrogen) atoms. The maximum absolute atomic E-state index is 5.75. The van der Waals surface area contributed by atoms with Crippen LogP contribution in [0.1, 0.15) is 12.7 Å². The lowest BCUT2D eigenvalue weighted by atomic mass is 10.3. The Bertz CT molecular complexity index is 471. The van der Waals surface area contributed by atoms with Crippen molar-refractivity contribution < 1.29 is 4.74 Å². The summed E-state index contributed by atoms with van der Waals surface area (Å²) in [6.45, 7) is 2.52. The first-order chi connectivity index (χ1) is 7.86. The maximum Gasteiger partial charge on any atom is 0.171 e. The first kappa shape index (κ1) is 10.9. The highest BCUT2D eigenvalue weighted by Gasteiger charge is 2.11. The summed E-state index contributed by atoms with van der Waals surface area (Å²) in [6, 6.07) is 7.56. The summed E-state index contributed by atoms with van der Waals surface area (Å²) < 4.78 is 7.08. The number of alkyl halides is 1. The molecule has 2 aromatic rings. The van der Waals surface area contributed by atoms with Crippen LogP contribution in [0.5, 0.6) is 5.75 Å². The van der Waals surface area contributed by atoms with Crippen molar-refractivity contribution in [1.29, 1.82) is 0 Å². The average Bonchev–Trinajstić information content (AvgIpc) is 2.78. The highest BCUT2D eigenvalue weighted by molar-refractivity contribution is 6.16. The number of para-hydroxylation sites is 2. The molecule has 0 bridgehead atoms. The number of aromatic nitrogens is 4. The molecular weight excluding hydrogens is 228 g/mol. The lowest BCUT2D eigenvalue weighted by Gasteiger charge is -2.09. The maximum atomic E-state index is 5.75. The topological polar surface area (TPSA) is 52.8 Å². The second-order valence-electron chi connectivity index (χ2n) is 3.04. The Labute approximate surface area is 98.0 Å². The normalized spacial score (nSPS) is 10.4. The van der Waals surface area contributed by atoms with Crippen molar-refractivity contribution in [2.75, 3.05) is 6.61 Å². The standard InChI is InChI=1S/C10H11ClN4O/c1-2-16-9-6-4-3-5-8(9)15-10(7-11)12-13-14-15/h3-6H,2,7H2,1H3. The molecule has 0 amide bonds. The van der Waals surface area contributed by atoms with Crippen molar-refractivity contribution in [3.8, 4) is 11.4 Å². The summed E-state index contributed by atoms with van der Waals surface area (Å²) in [4.78, 5) is 0. The van der Waals surface area contributed by atoms with E-state index in [0.29, 0.717) is 12.4 Å². The second kappa shape index (κ2) is 4.94. The van der Waals surface area contributed by atoms with E-state index >= 15 is 0 Å². The summed E-state index contributed by atoms with van der Waals surface area (Å²) in [7, 11) is 0. The van der Waals surface area contributed by atoms with Crippen LogP contribution in [0.2, 0.25) is 0 Å². The molecule has 0 unspecified atom stereocenters. The third kappa shape index (κ3) is 1.99. The molecule has 0 N–H and O–H groups in total. The molecule has 0 aliphatic heterocycles. The van der Waals surface area contributed by atoms with Gasteiger partial charge in [-0.15, -0.1) is 16.7 Å². The third-order valence-corrected chi connectivity index (χ3v) is 2.29. The number of halogens is 1. The predicted octanol–water partition coefficient (Wildman–Crippen LogP) is 1.80. The predicted molar refractivity (Wildman–Crippen MR) is 59.9 cm³/mol. The molecule has 0 radical (unpaired) electrons. The van der Waals surface area contributed by atoms with E-state index in [-0.39, 0.29) is 5.88 Å². The van der Waals surface area contributed by atoms with Crippen LogP contribution in [0.25, 0.3) is 5.69 Å². The molecule has 0 aliphatic rings. The molecule has 1 aromatic heterocycles. The van der Waals surface area contributed by atoms with Crippen molar-refractivity contribution in [1.82, 2.24) is 20.2 Å². The molecule has 1 aromatic carbocycles. The van der Waals surface area contributed by atoms with E-state index < -0.39 is 0 Å². The number of tetrazole rings is 1.